The van der Waals surface area contributed by atoms with Crippen molar-refractivity contribution in [2.24, 2.45) is 11.8 Å². The number of nitrogens with one attached hydrogen (secondary N) is 1. The van der Waals surface area contributed by atoms with Crippen molar-refractivity contribution in [2.45, 2.75) is 19.8 Å². The summed E-state index contributed by atoms with van der Waals surface area (Å²) in [5.41, 5.74) is 1.36. The number of aliphatic carboxylic acids is 1. The van der Waals surface area contributed by atoms with Gasteiger partial charge in [0.05, 0.1) is 5.92 Å². The molecule has 1 aromatic carbocycles. The zero-order valence-electron chi connectivity index (χ0n) is 13.6. The number of carbonyl (C=O) groups excluding carboxylic acids is 2. The molecule has 2 N–H and O–H groups in total. The number of likely N-dealkylation sites (tertiary alicyclic amines) is 1. The van der Waals surface area contributed by atoms with Crippen molar-refractivity contribution < 1.29 is 19.5 Å². The van der Waals surface area contributed by atoms with Crippen LogP contribution in [-0.4, -0.2) is 47.5 Å². The minimum Gasteiger partial charge on any atom is -0.481 e. The van der Waals surface area contributed by atoms with Crippen LogP contribution in [-0.2, 0) is 9.59 Å². The van der Waals surface area contributed by atoms with E-state index in [-0.39, 0.29) is 24.4 Å². The van der Waals surface area contributed by atoms with Gasteiger partial charge >= 0.3 is 12.0 Å². The molecule has 128 valence electrons. The van der Waals surface area contributed by atoms with Crippen molar-refractivity contribution in [1.29, 1.82) is 0 Å². The van der Waals surface area contributed by atoms with Gasteiger partial charge in [0.2, 0.25) is 5.91 Å². The molecule has 3 rings (SSSR count). The standard InChI is InChI=1S/C17H21N3O4/c1-11-7-12(16(22)23)10-19(9-11)17(24)18-13-3-2-4-14(8-13)20-6-5-15(20)21/h2-4,8,11-12H,5-7,9-10H2,1H3,(H,18,24)(H,22,23). The Morgan fingerprint density at radius 1 is 1.29 bits per heavy atom. The van der Waals surface area contributed by atoms with Crippen molar-refractivity contribution in [1.82, 2.24) is 4.90 Å². The number of amides is 3. The normalized spacial score (nSPS) is 23.6. The summed E-state index contributed by atoms with van der Waals surface area (Å²) in [6.07, 6.45) is 1.14. The first kappa shape index (κ1) is 16.3. The van der Waals surface area contributed by atoms with Gasteiger partial charge in [-0.25, -0.2) is 4.79 Å². The molecule has 0 saturated carbocycles. The van der Waals surface area contributed by atoms with Crippen LogP contribution in [0.3, 0.4) is 0 Å². The van der Waals surface area contributed by atoms with E-state index in [0.717, 1.165) is 5.69 Å². The van der Waals surface area contributed by atoms with E-state index in [4.69, 9.17) is 0 Å². The predicted molar refractivity (Wildman–Crippen MR) is 88.9 cm³/mol. The Bertz CT molecular complexity index is 676. The molecule has 7 heteroatoms. The van der Waals surface area contributed by atoms with Crippen LogP contribution >= 0.6 is 0 Å². The Labute approximate surface area is 140 Å². The number of rotatable bonds is 3. The summed E-state index contributed by atoms with van der Waals surface area (Å²) in [5.74, 6) is -1.16. The van der Waals surface area contributed by atoms with Gasteiger partial charge in [0, 0.05) is 37.4 Å². The topological polar surface area (TPSA) is 89.9 Å². The van der Waals surface area contributed by atoms with Crippen molar-refractivity contribution >= 4 is 29.3 Å². The minimum atomic E-state index is -0.863. The van der Waals surface area contributed by atoms with Crippen molar-refractivity contribution in [2.75, 3.05) is 29.9 Å². The van der Waals surface area contributed by atoms with Gasteiger partial charge in [0.1, 0.15) is 0 Å². The van der Waals surface area contributed by atoms with Crippen LogP contribution in [0.4, 0.5) is 16.2 Å². The monoisotopic (exact) mass is 331 g/mol. The van der Waals surface area contributed by atoms with Crippen LogP contribution < -0.4 is 10.2 Å². The average Bonchev–Trinajstić information content (AvgIpc) is 2.53. The first-order valence-corrected chi connectivity index (χ1v) is 8.13. The Kier molecular flexibility index (Phi) is 4.42. The molecule has 24 heavy (non-hydrogen) atoms. The van der Waals surface area contributed by atoms with Gasteiger partial charge in [0.15, 0.2) is 0 Å². The second-order valence-electron chi connectivity index (χ2n) is 6.56. The molecule has 0 radical (unpaired) electrons. The highest BCUT2D eigenvalue weighted by Crippen LogP contribution is 2.26. The lowest BCUT2D eigenvalue weighted by atomic mass is 9.91. The van der Waals surface area contributed by atoms with E-state index in [0.29, 0.717) is 31.6 Å². The zero-order chi connectivity index (χ0) is 17.3. The van der Waals surface area contributed by atoms with E-state index >= 15 is 0 Å². The van der Waals surface area contributed by atoms with Gasteiger partial charge in [-0.3, -0.25) is 9.59 Å². The first-order valence-electron chi connectivity index (χ1n) is 8.13. The lowest BCUT2D eigenvalue weighted by Crippen LogP contribution is -2.47. The number of carboxylic acids is 1. The van der Waals surface area contributed by atoms with Gasteiger partial charge in [-0.15, -0.1) is 0 Å². The van der Waals surface area contributed by atoms with Crippen LogP contribution in [0.5, 0.6) is 0 Å². The maximum Gasteiger partial charge on any atom is 0.321 e. The van der Waals surface area contributed by atoms with Crippen molar-refractivity contribution in [3.05, 3.63) is 24.3 Å². The Morgan fingerprint density at radius 3 is 2.71 bits per heavy atom. The number of urea groups is 1. The zero-order valence-corrected chi connectivity index (χ0v) is 13.6. The number of hydrogen-bond acceptors (Lipinski definition) is 3. The smallest absolute Gasteiger partial charge is 0.321 e. The molecular weight excluding hydrogens is 310 g/mol. The highest BCUT2D eigenvalue weighted by molar-refractivity contribution is 6.00. The van der Waals surface area contributed by atoms with E-state index in [1.807, 2.05) is 13.0 Å². The molecule has 2 atom stereocenters. The molecule has 0 aliphatic carbocycles. The number of hydrogen-bond donors (Lipinski definition) is 2. The fourth-order valence-corrected chi connectivity index (χ4v) is 3.24. The first-order chi connectivity index (χ1) is 11.4. The fraction of sp³-hybridized carbons (Fsp3) is 0.471. The summed E-state index contributed by atoms with van der Waals surface area (Å²) in [7, 11) is 0. The number of anilines is 2. The Balaban J connectivity index is 1.67. The predicted octanol–water partition coefficient (Wildman–Crippen LogP) is 2.00. The van der Waals surface area contributed by atoms with Gasteiger partial charge in [-0.2, -0.15) is 0 Å². The SMILES string of the molecule is CC1CC(C(=O)O)CN(C(=O)Nc2cccc(N3CCC3=O)c2)C1. The third-order valence-corrected chi connectivity index (χ3v) is 4.56. The molecule has 2 aliphatic rings. The van der Waals surface area contributed by atoms with Crippen LogP contribution in [0.1, 0.15) is 19.8 Å². The molecule has 2 unspecified atom stereocenters. The largest absolute Gasteiger partial charge is 0.481 e. The third-order valence-electron chi connectivity index (χ3n) is 4.56. The molecule has 2 aliphatic heterocycles. The maximum absolute atomic E-state index is 12.5. The second-order valence-corrected chi connectivity index (χ2v) is 6.56. The molecule has 3 amide bonds. The third kappa shape index (κ3) is 3.34. The van der Waals surface area contributed by atoms with E-state index in [9.17, 15) is 19.5 Å². The summed E-state index contributed by atoms with van der Waals surface area (Å²) in [6, 6.07) is 6.83. The van der Waals surface area contributed by atoms with E-state index in [2.05, 4.69) is 5.32 Å². The van der Waals surface area contributed by atoms with E-state index in [1.54, 1.807) is 28.0 Å². The van der Waals surface area contributed by atoms with Gasteiger partial charge in [-0.1, -0.05) is 13.0 Å². The summed E-state index contributed by atoms with van der Waals surface area (Å²) in [6.45, 7) is 3.40. The average molecular weight is 331 g/mol. The van der Waals surface area contributed by atoms with Crippen LogP contribution in [0.2, 0.25) is 0 Å². The van der Waals surface area contributed by atoms with Gasteiger partial charge in [0.25, 0.3) is 0 Å². The summed E-state index contributed by atoms with van der Waals surface area (Å²) in [5, 5.41) is 12.0. The molecule has 0 aromatic heterocycles. The maximum atomic E-state index is 12.5. The molecule has 1 aromatic rings. The lowest BCUT2D eigenvalue weighted by Gasteiger charge is -2.34. The quantitative estimate of drug-likeness (QED) is 0.829. The molecule has 2 heterocycles. The van der Waals surface area contributed by atoms with Crippen LogP contribution in [0.15, 0.2) is 24.3 Å². The minimum absolute atomic E-state index is 0.0765. The highest BCUT2D eigenvalue weighted by Gasteiger charge is 2.32. The number of benzene rings is 1. The molecule has 2 fully saturated rings. The number of carbonyl (C=O) groups is 3. The summed E-state index contributed by atoms with van der Waals surface area (Å²) in [4.78, 5) is 38.4. The summed E-state index contributed by atoms with van der Waals surface area (Å²) < 4.78 is 0. The fourth-order valence-electron chi connectivity index (χ4n) is 3.24. The summed E-state index contributed by atoms with van der Waals surface area (Å²) >= 11 is 0. The number of β-lactam (4-membered cyclic amide) rings is 1. The number of piperidine rings is 1. The van der Waals surface area contributed by atoms with Crippen molar-refractivity contribution in [3.8, 4) is 0 Å². The number of nitrogens with zero attached hydrogens (tertiary/aromatic N) is 2. The second kappa shape index (κ2) is 6.51. The van der Waals surface area contributed by atoms with Crippen LogP contribution in [0, 0.1) is 11.8 Å². The van der Waals surface area contributed by atoms with E-state index < -0.39 is 11.9 Å². The van der Waals surface area contributed by atoms with Crippen molar-refractivity contribution in [3.63, 3.8) is 0 Å². The lowest BCUT2D eigenvalue weighted by molar-refractivity contribution is -0.143. The molecular formula is C17H21N3O4. The molecule has 7 nitrogen and oxygen atoms in total. The number of carboxylic acid groups (broad SMARTS) is 1. The van der Waals surface area contributed by atoms with Gasteiger partial charge in [-0.05, 0) is 30.5 Å². The molecule has 0 spiro atoms. The highest BCUT2D eigenvalue weighted by atomic mass is 16.4. The Hall–Kier alpha value is -2.57. The molecule has 0 bridgehead atoms. The van der Waals surface area contributed by atoms with E-state index in [1.165, 1.54) is 0 Å². The van der Waals surface area contributed by atoms with Gasteiger partial charge < -0.3 is 20.2 Å². The van der Waals surface area contributed by atoms with Crippen LogP contribution in [0.25, 0.3) is 0 Å². The molecule has 2 saturated heterocycles. The Morgan fingerprint density at radius 2 is 2.08 bits per heavy atom.